The van der Waals surface area contributed by atoms with Gasteiger partial charge in [-0.05, 0) is 36.2 Å². The van der Waals surface area contributed by atoms with E-state index in [9.17, 15) is 4.79 Å². The maximum Gasteiger partial charge on any atom is 0.260 e. The van der Waals surface area contributed by atoms with Gasteiger partial charge >= 0.3 is 0 Å². The average Bonchev–Trinajstić information content (AvgIpc) is 3.01. The highest BCUT2D eigenvalue weighted by molar-refractivity contribution is 7.99. The summed E-state index contributed by atoms with van der Waals surface area (Å²) in [4.78, 5) is 18.3. The van der Waals surface area contributed by atoms with Crippen LogP contribution < -0.4 is 14.2 Å². The summed E-state index contributed by atoms with van der Waals surface area (Å²) in [7, 11) is 0. The van der Waals surface area contributed by atoms with Crippen molar-refractivity contribution in [2.45, 2.75) is 11.7 Å². The Balaban J connectivity index is 1.33. The summed E-state index contributed by atoms with van der Waals surface area (Å²) in [6.07, 6.45) is 4.20. The second-order valence-corrected chi connectivity index (χ2v) is 7.43. The highest BCUT2D eigenvalue weighted by Crippen LogP contribution is 2.40. The van der Waals surface area contributed by atoms with Gasteiger partial charge in [0.2, 0.25) is 6.79 Å². The first-order valence-corrected chi connectivity index (χ1v) is 9.66. The molecule has 26 heavy (non-hydrogen) atoms. The standard InChI is InChI=1S/C19H20N2O4S/c22-19(12-23-15-2-1-6-20-11-15)21-7-5-18(26-9-8-21)14-3-4-16-17(10-14)25-13-24-16/h1-4,6,10-11,18H,5,7-9,12-13H2. The van der Waals surface area contributed by atoms with Crippen molar-refractivity contribution in [1.29, 1.82) is 0 Å². The van der Waals surface area contributed by atoms with E-state index in [2.05, 4.69) is 17.1 Å². The topological polar surface area (TPSA) is 60.9 Å². The van der Waals surface area contributed by atoms with Crippen molar-refractivity contribution < 1.29 is 19.0 Å². The minimum Gasteiger partial charge on any atom is -0.482 e. The molecule has 0 spiro atoms. The Morgan fingerprint density at radius 3 is 3.08 bits per heavy atom. The molecule has 1 saturated heterocycles. The lowest BCUT2D eigenvalue weighted by atomic mass is 10.1. The summed E-state index contributed by atoms with van der Waals surface area (Å²) in [6.45, 7) is 1.79. The van der Waals surface area contributed by atoms with Crippen molar-refractivity contribution in [3.05, 3.63) is 48.3 Å². The third-order valence-electron chi connectivity index (χ3n) is 4.46. The van der Waals surface area contributed by atoms with E-state index in [1.54, 1.807) is 24.5 Å². The van der Waals surface area contributed by atoms with Crippen molar-refractivity contribution in [1.82, 2.24) is 9.88 Å². The van der Waals surface area contributed by atoms with Crippen molar-refractivity contribution in [2.24, 2.45) is 0 Å². The zero-order valence-electron chi connectivity index (χ0n) is 14.3. The summed E-state index contributed by atoms with van der Waals surface area (Å²) in [5, 5.41) is 0.349. The molecular formula is C19H20N2O4S. The van der Waals surface area contributed by atoms with Gasteiger partial charge < -0.3 is 19.1 Å². The summed E-state index contributed by atoms with van der Waals surface area (Å²) in [5.41, 5.74) is 1.22. The molecule has 7 heteroatoms. The molecule has 136 valence electrons. The number of hydrogen-bond acceptors (Lipinski definition) is 6. The monoisotopic (exact) mass is 372 g/mol. The Kier molecular flexibility index (Phi) is 5.15. The van der Waals surface area contributed by atoms with Crippen LogP contribution in [0.25, 0.3) is 0 Å². The van der Waals surface area contributed by atoms with E-state index in [1.807, 2.05) is 22.7 Å². The molecule has 1 unspecified atom stereocenters. The molecule has 0 aliphatic carbocycles. The molecule has 0 N–H and O–H groups in total. The summed E-state index contributed by atoms with van der Waals surface area (Å²) < 4.78 is 16.4. The van der Waals surface area contributed by atoms with Gasteiger partial charge in [-0.25, -0.2) is 0 Å². The van der Waals surface area contributed by atoms with E-state index in [4.69, 9.17) is 14.2 Å². The van der Waals surface area contributed by atoms with Gasteiger partial charge in [-0.2, -0.15) is 11.8 Å². The second-order valence-electron chi connectivity index (χ2n) is 6.12. The number of carbonyl (C=O) groups excluding carboxylic acids is 1. The molecule has 2 aromatic rings. The van der Waals surface area contributed by atoms with Crippen molar-refractivity contribution >= 4 is 17.7 Å². The Morgan fingerprint density at radius 1 is 1.27 bits per heavy atom. The zero-order valence-corrected chi connectivity index (χ0v) is 15.1. The van der Waals surface area contributed by atoms with Gasteiger partial charge in [0.05, 0.1) is 6.20 Å². The molecule has 6 nitrogen and oxygen atoms in total. The van der Waals surface area contributed by atoms with Crippen LogP contribution in [0, 0.1) is 0 Å². The highest BCUT2D eigenvalue weighted by atomic mass is 32.2. The number of hydrogen-bond donors (Lipinski definition) is 0. The zero-order chi connectivity index (χ0) is 17.8. The van der Waals surface area contributed by atoms with E-state index >= 15 is 0 Å². The summed E-state index contributed by atoms with van der Waals surface area (Å²) in [6, 6.07) is 9.71. The van der Waals surface area contributed by atoms with Crippen LogP contribution in [0.15, 0.2) is 42.7 Å². The van der Waals surface area contributed by atoms with E-state index in [1.165, 1.54) is 5.56 Å². The normalized spacial score (nSPS) is 19.1. The number of rotatable bonds is 4. The minimum absolute atomic E-state index is 0.0146. The molecule has 0 radical (unpaired) electrons. The molecule has 1 atom stereocenters. The molecule has 1 aromatic carbocycles. The number of nitrogens with zero attached hydrogens (tertiary/aromatic N) is 2. The van der Waals surface area contributed by atoms with E-state index in [0.717, 1.165) is 36.8 Å². The van der Waals surface area contributed by atoms with Gasteiger partial charge in [-0.15, -0.1) is 0 Å². The molecule has 4 rings (SSSR count). The molecule has 1 amide bonds. The first-order valence-electron chi connectivity index (χ1n) is 8.61. The fourth-order valence-corrected chi connectivity index (χ4v) is 4.29. The Morgan fingerprint density at radius 2 is 2.19 bits per heavy atom. The number of pyridine rings is 1. The van der Waals surface area contributed by atoms with Crippen LogP contribution in [-0.2, 0) is 4.79 Å². The summed E-state index contributed by atoms with van der Waals surface area (Å²) in [5.74, 6) is 3.14. The SMILES string of the molecule is O=C(COc1cccnc1)N1CCSC(c2ccc3c(c2)OCO3)CC1. The molecule has 3 heterocycles. The number of fused-ring (bicyclic) bond motifs is 1. The predicted octanol–water partition coefficient (Wildman–Crippen LogP) is 2.90. The Labute approximate surface area is 156 Å². The van der Waals surface area contributed by atoms with Crippen LogP contribution in [0.4, 0.5) is 0 Å². The van der Waals surface area contributed by atoms with Crippen LogP contribution in [0.5, 0.6) is 17.2 Å². The fourth-order valence-electron chi connectivity index (χ4n) is 3.07. The van der Waals surface area contributed by atoms with Gasteiger partial charge in [-0.1, -0.05) is 6.07 Å². The van der Waals surface area contributed by atoms with Crippen LogP contribution in [0.2, 0.25) is 0 Å². The smallest absolute Gasteiger partial charge is 0.260 e. The fraction of sp³-hybridized carbons (Fsp3) is 0.368. The number of carbonyl (C=O) groups is 1. The van der Waals surface area contributed by atoms with E-state index in [-0.39, 0.29) is 19.3 Å². The molecule has 2 aliphatic rings. The number of thioether (sulfide) groups is 1. The van der Waals surface area contributed by atoms with Crippen LogP contribution >= 0.6 is 11.8 Å². The summed E-state index contributed by atoms with van der Waals surface area (Å²) >= 11 is 1.88. The molecule has 0 saturated carbocycles. The molecule has 1 fully saturated rings. The maximum absolute atomic E-state index is 12.5. The maximum atomic E-state index is 12.5. The van der Waals surface area contributed by atoms with Gasteiger partial charge in [0.15, 0.2) is 18.1 Å². The lowest BCUT2D eigenvalue weighted by Gasteiger charge is -2.20. The Hall–Kier alpha value is -2.41. The van der Waals surface area contributed by atoms with Crippen molar-refractivity contribution in [2.75, 3.05) is 32.2 Å². The van der Waals surface area contributed by atoms with E-state index < -0.39 is 0 Å². The Bertz CT molecular complexity index is 771. The van der Waals surface area contributed by atoms with Gasteiger partial charge in [0.1, 0.15) is 5.75 Å². The predicted molar refractivity (Wildman–Crippen MR) is 98.7 cm³/mol. The minimum atomic E-state index is 0.0146. The lowest BCUT2D eigenvalue weighted by Crippen LogP contribution is -2.36. The molecule has 0 bridgehead atoms. The van der Waals surface area contributed by atoms with E-state index in [0.29, 0.717) is 11.0 Å². The third kappa shape index (κ3) is 3.88. The molecule has 2 aliphatic heterocycles. The van der Waals surface area contributed by atoms with Crippen LogP contribution in [0.1, 0.15) is 17.2 Å². The number of benzene rings is 1. The second kappa shape index (κ2) is 7.86. The highest BCUT2D eigenvalue weighted by Gasteiger charge is 2.24. The van der Waals surface area contributed by atoms with Gasteiger partial charge in [0, 0.05) is 30.3 Å². The molecular weight excluding hydrogens is 352 g/mol. The molecule has 1 aromatic heterocycles. The van der Waals surface area contributed by atoms with Crippen LogP contribution in [0.3, 0.4) is 0 Å². The van der Waals surface area contributed by atoms with Gasteiger partial charge in [-0.3, -0.25) is 9.78 Å². The number of ether oxygens (including phenoxy) is 3. The van der Waals surface area contributed by atoms with Crippen molar-refractivity contribution in [3.8, 4) is 17.2 Å². The lowest BCUT2D eigenvalue weighted by molar-refractivity contribution is -0.133. The number of amides is 1. The van der Waals surface area contributed by atoms with Crippen LogP contribution in [-0.4, -0.2) is 48.0 Å². The first-order chi connectivity index (χ1) is 12.8. The average molecular weight is 372 g/mol. The van der Waals surface area contributed by atoms with Crippen molar-refractivity contribution in [3.63, 3.8) is 0 Å². The largest absolute Gasteiger partial charge is 0.482 e. The quantitative estimate of drug-likeness (QED) is 0.822. The first kappa shape index (κ1) is 17.0. The van der Waals surface area contributed by atoms with Gasteiger partial charge in [0.25, 0.3) is 5.91 Å². The number of aromatic nitrogens is 1. The third-order valence-corrected chi connectivity index (χ3v) is 5.79.